The van der Waals surface area contributed by atoms with Crippen molar-refractivity contribution in [2.45, 2.75) is 51.5 Å². The fourth-order valence-corrected chi connectivity index (χ4v) is 5.27. The van der Waals surface area contributed by atoms with E-state index in [0.717, 1.165) is 0 Å². The van der Waals surface area contributed by atoms with Gasteiger partial charge in [0.25, 0.3) is 0 Å². The van der Waals surface area contributed by atoms with Gasteiger partial charge >= 0.3 is 5.97 Å². The molecule has 0 radical (unpaired) electrons. The number of carbonyl (C=O) groups is 3. The quantitative estimate of drug-likeness (QED) is 0.621. The first kappa shape index (κ1) is 23.3. The van der Waals surface area contributed by atoms with E-state index in [1.165, 1.54) is 23.8 Å². The molecule has 1 unspecified atom stereocenters. The summed E-state index contributed by atoms with van der Waals surface area (Å²) in [6.45, 7) is 6.08. The third-order valence-electron chi connectivity index (χ3n) is 6.76. The fourth-order valence-electron chi connectivity index (χ4n) is 5.27. The monoisotopic (exact) mass is 430 g/mol. The number of rotatable bonds is 7. The summed E-state index contributed by atoms with van der Waals surface area (Å²) in [6.07, 6.45) is 2.50. The van der Waals surface area contributed by atoms with E-state index in [9.17, 15) is 14.4 Å². The zero-order chi connectivity index (χ0) is 22.6. The lowest BCUT2D eigenvalue weighted by atomic mass is 9.76. The molecular weight excluding hydrogens is 396 g/mol. The predicted octanol–water partition coefficient (Wildman–Crippen LogP) is 2.27. The molecule has 31 heavy (non-hydrogen) atoms. The number of esters is 1. The molecule has 2 aliphatic heterocycles. The van der Waals surface area contributed by atoms with E-state index < -0.39 is 11.5 Å². The molecule has 0 saturated carbocycles. The molecule has 7 heteroatoms. The van der Waals surface area contributed by atoms with E-state index in [-0.39, 0.29) is 24.2 Å². The fraction of sp³-hybridized carbons (Fsp3) is 0.625. The number of piperidine rings is 1. The molecule has 2 amide bonds. The molecule has 7 nitrogen and oxygen atoms in total. The molecule has 0 aliphatic carbocycles. The summed E-state index contributed by atoms with van der Waals surface area (Å²) in [7, 11) is 2.96. The van der Waals surface area contributed by atoms with Crippen LogP contribution in [0.4, 0.5) is 0 Å². The average molecular weight is 431 g/mol. The van der Waals surface area contributed by atoms with E-state index >= 15 is 0 Å². The van der Waals surface area contributed by atoms with Gasteiger partial charge in [-0.1, -0.05) is 29.3 Å². The number of nitrogens with zero attached hydrogens (tertiary/aromatic N) is 2. The van der Waals surface area contributed by atoms with Crippen LogP contribution in [0.2, 0.25) is 0 Å². The number of hydrogen-bond donors (Lipinski definition) is 0. The smallest absolute Gasteiger partial charge is 0.311 e. The Bertz CT molecular complexity index is 809. The summed E-state index contributed by atoms with van der Waals surface area (Å²) in [4.78, 5) is 41.7. The van der Waals surface area contributed by atoms with Crippen molar-refractivity contribution in [1.82, 2.24) is 9.80 Å². The van der Waals surface area contributed by atoms with Crippen molar-refractivity contribution in [3.05, 3.63) is 34.9 Å². The predicted molar refractivity (Wildman–Crippen MR) is 116 cm³/mol. The van der Waals surface area contributed by atoms with Gasteiger partial charge in [0.1, 0.15) is 0 Å². The Kier molecular flexibility index (Phi) is 7.36. The number of amides is 2. The Morgan fingerprint density at radius 1 is 1.10 bits per heavy atom. The number of aryl methyl sites for hydroxylation is 3. The standard InChI is InChI=1S/C24H34N2O5/c1-17-13-18(2)15-19(14-17)5-6-21(27)25-9-7-24(8-10-25)20(23(29)31-4)16-22(28)26(24)11-12-30-3/h13-15,20H,5-12,16H2,1-4H3. The van der Waals surface area contributed by atoms with Crippen molar-refractivity contribution in [2.75, 3.05) is 40.5 Å². The number of ether oxygens (including phenoxy) is 2. The second kappa shape index (κ2) is 9.81. The minimum atomic E-state index is -0.590. The molecule has 3 rings (SSSR count). The van der Waals surface area contributed by atoms with Crippen LogP contribution >= 0.6 is 0 Å². The molecule has 2 fully saturated rings. The van der Waals surface area contributed by atoms with E-state index in [1.54, 1.807) is 12.0 Å². The van der Waals surface area contributed by atoms with Crippen LogP contribution in [-0.2, 0) is 30.3 Å². The van der Waals surface area contributed by atoms with Gasteiger partial charge in [-0.2, -0.15) is 0 Å². The number of methoxy groups -OCH3 is 2. The lowest BCUT2D eigenvalue weighted by molar-refractivity contribution is -0.151. The third kappa shape index (κ3) is 4.92. The highest BCUT2D eigenvalue weighted by atomic mass is 16.5. The second-order valence-electron chi connectivity index (χ2n) is 8.80. The molecule has 2 saturated heterocycles. The number of likely N-dealkylation sites (tertiary alicyclic amines) is 2. The normalized spacial score (nSPS) is 20.4. The van der Waals surface area contributed by atoms with Gasteiger partial charge in [0, 0.05) is 39.6 Å². The molecule has 0 N–H and O–H groups in total. The average Bonchev–Trinajstić information content (AvgIpc) is 3.00. The number of hydrogen-bond acceptors (Lipinski definition) is 5. The zero-order valence-electron chi connectivity index (χ0n) is 19.1. The molecule has 2 heterocycles. The minimum Gasteiger partial charge on any atom is -0.469 e. The first-order valence-electron chi connectivity index (χ1n) is 11.0. The Morgan fingerprint density at radius 3 is 2.32 bits per heavy atom. The van der Waals surface area contributed by atoms with E-state index in [4.69, 9.17) is 9.47 Å². The zero-order valence-corrected chi connectivity index (χ0v) is 19.1. The summed E-state index contributed by atoms with van der Waals surface area (Å²) in [5.41, 5.74) is 3.00. The van der Waals surface area contributed by atoms with Gasteiger partial charge in [0.05, 0.1) is 25.2 Å². The molecule has 1 aromatic rings. The summed E-state index contributed by atoms with van der Waals surface area (Å²) in [6, 6.07) is 6.39. The molecule has 1 spiro atoms. The molecule has 1 atom stereocenters. The van der Waals surface area contributed by atoms with Crippen LogP contribution in [-0.4, -0.2) is 73.6 Å². The van der Waals surface area contributed by atoms with Crippen molar-refractivity contribution in [2.24, 2.45) is 5.92 Å². The van der Waals surface area contributed by atoms with Gasteiger partial charge in [0.15, 0.2) is 0 Å². The SMILES string of the molecule is COCCN1C(=O)CC(C(=O)OC)C12CCN(C(=O)CCc1cc(C)cc(C)c1)CC2. The highest BCUT2D eigenvalue weighted by Gasteiger charge is 2.57. The molecule has 1 aromatic carbocycles. The lowest BCUT2D eigenvalue weighted by Crippen LogP contribution is -2.58. The van der Waals surface area contributed by atoms with Crippen LogP contribution in [0.5, 0.6) is 0 Å². The highest BCUT2D eigenvalue weighted by Crippen LogP contribution is 2.44. The third-order valence-corrected chi connectivity index (χ3v) is 6.76. The largest absolute Gasteiger partial charge is 0.469 e. The first-order chi connectivity index (χ1) is 14.8. The van der Waals surface area contributed by atoms with Gasteiger partial charge in [-0.3, -0.25) is 14.4 Å². The molecule has 2 aliphatic rings. The van der Waals surface area contributed by atoms with Crippen LogP contribution in [0.15, 0.2) is 18.2 Å². The lowest BCUT2D eigenvalue weighted by Gasteiger charge is -2.47. The van der Waals surface area contributed by atoms with E-state index in [0.29, 0.717) is 51.9 Å². The first-order valence-corrected chi connectivity index (χ1v) is 11.0. The summed E-state index contributed by atoms with van der Waals surface area (Å²) < 4.78 is 10.2. The molecular formula is C24H34N2O5. The van der Waals surface area contributed by atoms with Gasteiger partial charge in [-0.05, 0) is 38.7 Å². The van der Waals surface area contributed by atoms with Gasteiger partial charge in [-0.15, -0.1) is 0 Å². The van der Waals surface area contributed by atoms with Crippen molar-refractivity contribution in [1.29, 1.82) is 0 Å². The summed E-state index contributed by atoms with van der Waals surface area (Å²) in [5, 5.41) is 0. The highest BCUT2D eigenvalue weighted by molar-refractivity contribution is 5.89. The maximum atomic E-state index is 12.9. The van der Waals surface area contributed by atoms with Crippen molar-refractivity contribution in [3.63, 3.8) is 0 Å². The Hall–Kier alpha value is -2.41. The van der Waals surface area contributed by atoms with Crippen LogP contribution in [0, 0.1) is 19.8 Å². The van der Waals surface area contributed by atoms with Crippen LogP contribution < -0.4 is 0 Å². The second-order valence-corrected chi connectivity index (χ2v) is 8.80. The minimum absolute atomic E-state index is 0.0398. The van der Waals surface area contributed by atoms with Crippen LogP contribution in [0.1, 0.15) is 42.4 Å². The topological polar surface area (TPSA) is 76.2 Å². The Labute approximate surface area is 184 Å². The van der Waals surface area contributed by atoms with Crippen molar-refractivity contribution < 1.29 is 23.9 Å². The van der Waals surface area contributed by atoms with Crippen LogP contribution in [0.3, 0.4) is 0 Å². The molecule has 0 aromatic heterocycles. The number of benzene rings is 1. The molecule has 170 valence electrons. The van der Waals surface area contributed by atoms with Gasteiger partial charge in [0.2, 0.25) is 11.8 Å². The van der Waals surface area contributed by atoms with Gasteiger partial charge in [-0.25, -0.2) is 0 Å². The Morgan fingerprint density at radius 2 is 1.74 bits per heavy atom. The summed E-state index contributed by atoms with van der Waals surface area (Å²) in [5.74, 6) is -0.754. The van der Waals surface area contributed by atoms with Crippen LogP contribution in [0.25, 0.3) is 0 Å². The maximum Gasteiger partial charge on any atom is 0.311 e. The maximum absolute atomic E-state index is 12.9. The summed E-state index contributed by atoms with van der Waals surface area (Å²) >= 11 is 0. The Balaban J connectivity index is 1.66. The number of carbonyl (C=O) groups excluding carboxylic acids is 3. The van der Waals surface area contributed by atoms with Gasteiger partial charge < -0.3 is 19.3 Å². The van der Waals surface area contributed by atoms with E-state index in [1.807, 2.05) is 4.90 Å². The molecule has 0 bridgehead atoms. The van der Waals surface area contributed by atoms with E-state index in [2.05, 4.69) is 32.0 Å². The van der Waals surface area contributed by atoms with Crippen molar-refractivity contribution >= 4 is 17.8 Å². The van der Waals surface area contributed by atoms with Crippen molar-refractivity contribution in [3.8, 4) is 0 Å².